The Morgan fingerprint density at radius 3 is 2.31 bits per heavy atom. The molecule has 0 atom stereocenters. The molecule has 0 radical (unpaired) electrons. The van der Waals surface area contributed by atoms with Gasteiger partial charge in [-0.3, -0.25) is 0 Å². The second kappa shape index (κ2) is 4.86. The first-order valence-electron chi connectivity index (χ1n) is 3.32. The highest BCUT2D eigenvalue weighted by Crippen LogP contribution is 1.99. The average Bonchev–Trinajstić information content (AvgIpc) is 2.31. The maximum Gasteiger partial charge on any atom is 0.339 e. The Morgan fingerprint density at radius 2 is 2.15 bits per heavy atom. The number of aryl methyl sites for hydroxylation is 2. The summed E-state index contributed by atoms with van der Waals surface area (Å²) in [5.74, 6) is 0. The summed E-state index contributed by atoms with van der Waals surface area (Å²) in [5.41, 5.74) is 6.56. The van der Waals surface area contributed by atoms with Crippen molar-refractivity contribution < 1.29 is 10.0 Å². The molecule has 1 aromatic heterocycles. The Labute approximate surface area is 74.1 Å². The van der Waals surface area contributed by atoms with Gasteiger partial charge >= 0.3 is 6.03 Å². The van der Waals surface area contributed by atoms with Crippen LogP contribution in [0, 0.1) is 18.8 Å². The molecule has 0 aliphatic carbocycles. The van der Waals surface area contributed by atoms with Crippen LogP contribution in [0.2, 0.25) is 0 Å². The van der Waals surface area contributed by atoms with E-state index in [4.69, 9.17) is 15.8 Å². The van der Waals surface area contributed by atoms with Crippen molar-refractivity contribution in [2.75, 3.05) is 0 Å². The summed E-state index contributed by atoms with van der Waals surface area (Å²) in [6.07, 6.45) is 0. The van der Waals surface area contributed by atoms with E-state index in [-0.39, 0.29) is 0 Å². The SMILES string of the molecule is Cc1cc(C)n(C(N)=O)n1.O=NO. The fourth-order valence-corrected chi connectivity index (χ4v) is 0.852. The van der Waals surface area contributed by atoms with E-state index in [9.17, 15) is 4.79 Å². The topological polar surface area (TPSA) is 111 Å². The molecule has 7 heteroatoms. The molecule has 13 heavy (non-hydrogen) atoms. The second-order valence-electron chi connectivity index (χ2n) is 2.26. The van der Waals surface area contributed by atoms with E-state index in [1.807, 2.05) is 6.92 Å². The molecule has 1 rings (SSSR count). The highest BCUT2D eigenvalue weighted by molar-refractivity contribution is 5.74. The summed E-state index contributed by atoms with van der Waals surface area (Å²) in [5, 5.41) is 11.7. The number of nitrogens with two attached hydrogens (primary N) is 1. The van der Waals surface area contributed by atoms with Crippen LogP contribution in [0.5, 0.6) is 0 Å². The van der Waals surface area contributed by atoms with Gasteiger partial charge in [0.15, 0.2) is 5.34 Å². The summed E-state index contributed by atoms with van der Waals surface area (Å²) >= 11 is 0. The summed E-state index contributed by atoms with van der Waals surface area (Å²) in [4.78, 5) is 18.7. The zero-order valence-electron chi connectivity index (χ0n) is 7.26. The molecule has 0 spiro atoms. The van der Waals surface area contributed by atoms with E-state index < -0.39 is 6.03 Å². The minimum atomic E-state index is -0.536. The van der Waals surface area contributed by atoms with Gasteiger partial charge in [-0.2, -0.15) is 9.78 Å². The molecule has 3 N–H and O–H groups in total. The number of nitrogens with zero attached hydrogens (tertiary/aromatic N) is 3. The van der Waals surface area contributed by atoms with Gasteiger partial charge < -0.3 is 10.9 Å². The predicted octanol–water partition coefficient (Wildman–Crippen LogP) is 0.569. The van der Waals surface area contributed by atoms with E-state index in [1.165, 1.54) is 10.0 Å². The molecule has 0 bridgehead atoms. The molecule has 0 aliphatic heterocycles. The van der Waals surface area contributed by atoms with Gasteiger partial charge in [-0.15, -0.1) is 4.91 Å². The Hall–Kier alpha value is -1.92. The zero-order chi connectivity index (χ0) is 10.4. The average molecular weight is 186 g/mol. The third-order valence-corrected chi connectivity index (χ3v) is 1.22. The lowest BCUT2D eigenvalue weighted by Gasteiger charge is -1.93. The minimum absolute atomic E-state index is 0.536. The van der Waals surface area contributed by atoms with Crippen molar-refractivity contribution >= 4 is 6.03 Å². The van der Waals surface area contributed by atoms with Crippen LogP contribution in [0.4, 0.5) is 4.79 Å². The van der Waals surface area contributed by atoms with Crippen molar-refractivity contribution in [2.24, 2.45) is 11.1 Å². The zero-order valence-corrected chi connectivity index (χ0v) is 7.26. The van der Waals surface area contributed by atoms with Crippen LogP contribution in [0.15, 0.2) is 11.4 Å². The fraction of sp³-hybridized carbons (Fsp3) is 0.333. The van der Waals surface area contributed by atoms with Crippen molar-refractivity contribution in [3.05, 3.63) is 22.4 Å². The van der Waals surface area contributed by atoms with Crippen LogP contribution < -0.4 is 5.73 Å². The highest BCUT2D eigenvalue weighted by Gasteiger charge is 2.03. The first kappa shape index (κ1) is 11.1. The third kappa shape index (κ3) is 3.32. The van der Waals surface area contributed by atoms with Crippen molar-refractivity contribution in [3.8, 4) is 0 Å². The largest absolute Gasteiger partial charge is 0.379 e. The second-order valence-corrected chi connectivity index (χ2v) is 2.26. The molecule has 0 aliphatic rings. The molecular weight excluding hydrogens is 176 g/mol. The molecule has 0 fully saturated rings. The summed E-state index contributed by atoms with van der Waals surface area (Å²) < 4.78 is 1.18. The smallest absolute Gasteiger partial charge is 0.339 e. The van der Waals surface area contributed by atoms with Gasteiger partial charge in [0.05, 0.1) is 5.69 Å². The number of hydrogen-bond acceptors (Lipinski definition) is 4. The van der Waals surface area contributed by atoms with Crippen LogP contribution in [-0.2, 0) is 0 Å². The molecule has 1 heterocycles. The first-order chi connectivity index (χ1) is 6.02. The lowest BCUT2D eigenvalue weighted by Crippen LogP contribution is -2.21. The normalized spacial score (nSPS) is 8.46. The van der Waals surface area contributed by atoms with Crippen molar-refractivity contribution in [1.82, 2.24) is 9.78 Å². The summed E-state index contributed by atoms with van der Waals surface area (Å²) in [6.45, 7) is 3.59. The van der Waals surface area contributed by atoms with Crippen LogP contribution in [0.3, 0.4) is 0 Å². The number of hydrogen-bond donors (Lipinski definition) is 2. The third-order valence-electron chi connectivity index (χ3n) is 1.22. The molecule has 0 saturated carbocycles. The quantitative estimate of drug-likeness (QED) is 0.455. The summed E-state index contributed by atoms with van der Waals surface area (Å²) in [7, 11) is 0. The first-order valence-corrected chi connectivity index (χ1v) is 3.32. The van der Waals surface area contributed by atoms with Gasteiger partial charge in [0.2, 0.25) is 0 Å². The Bertz CT molecular complexity index is 307. The van der Waals surface area contributed by atoms with Gasteiger partial charge in [0.25, 0.3) is 0 Å². The molecule has 1 aromatic rings. The standard InChI is InChI=1S/C6H9N3O.HNO2/c1-4-3-5(2)9(8-4)6(7)10;2-1-3/h3H,1-2H3,(H2,7,10);(H,2,3). The van der Waals surface area contributed by atoms with E-state index in [2.05, 4.69) is 5.10 Å². The molecule has 0 unspecified atom stereocenters. The molecule has 7 nitrogen and oxygen atoms in total. The lowest BCUT2D eigenvalue weighted by molar-refractivity contribution is 0.247. The van der Waals surface area contributed by atoms with E-state index >= 15 is 0 Å². The van der Waals surface area contributed by atoms with E-state index in [1.54, 1.807) is 13.0 Å². The number of carbonyl (C=O) groups excluding carboxylic acids is 1. The number of aromatic nitrogens is 2. The van der Waals surface area contributed by atoms with Crippen molar-refractivity contribution in [2.45, 2.75) is 13.8 Å². The van der Waals surface area contributed by atoms with Crippen LogP contribution >= 0.6 is 0 Å². The Morgan fingerprint density at radius 1 is 1.69 bits per heavy atom. The van der Waals surface area contributed by atoms with Crippen LogP contribution in [0.25, 0.3) is 0 Å². The van der Waals surface area contributed by atoms with E-state index in [0.717, 1.165) is 11.4 Å². The van der Waals surface area contributed by atoms with Crippen molar-refractivity contribution in [3.63, 3.8) is 0 Å². The fourth-order valence-electron chi connectivity index (χ4n) is 0.852. The van der Waals surface area contributed by atoms with Gasteiger partial charge in [-0.25, -0.2) is 4.79 Å². The molecular formula is C6H10N4O3. The number of carbonyl (C=O) groups is 1. The van der Waals surface area contributed by atoms with E-state index in [0.29, 0.717) is 0 Å². The van der Waals surface area contributed by atoms with Crippen LogP contribution in [0.1, 0.15) is 11.4 Å². The minimum Gasteiger partial charge on any atom is -0.379 e. The number of rotatable bonds is 0. The maximum absolute atomic E-state index is 10.6. The Kier molecular flexibility index (Phi) is 4.14. The van der Waals surface area contributed by atoms with Gasteiger partial charge in [-0.1, -0.05) is 0 Å². The molecule has 0 aromatic carbocycles. The van der Waals surface area contributed by atoms with Gasteiger partial charge in [0.1, 0.15) is 0 Å². The predicted molar refractivity (Wildman–Crippen MR) is 44.3 cm³/mol. The van der Waals surface area contributed by atoms with Crippen molar-refractivity contribution in [1.29, 1.82) is 0 Å². The molecule has 1 amide bonds. The van der Waals surface area contributed by atoms with Crippen LogP contribution in [-0.4, -0.2) is 21.0 Å². The highest BCUT2D eigenvalue weighted by atomic mass is 16.6. The summed E-state index contributed by atoms with van der Waals surface area (Å²) in [6, 6.07) is 1.26. The number of amides is 1. The molecule has 72 valence electrons. The number of primary amides is 1. The lowest BCUT2D eigenvalue weighted by atomic mass is 10.4. The maximum atomic E-state index is 10.6. The monoisotopic (exact) mass is 186 g/mol. The van der Waals surface area contributed by atoms with Gasteiger partial charge in [0, 0.05) is 5.69 Å². The van der Waals surface area contributed by atoms with Gasteiger partial charge in [-0.05, 0) is 19.9 Å². The Balaban J connectivity index is 0.000000424. The molecule has 0 saturated heterocycles.